The van der Waals surface area contributed by atoms with Crippen molar-refractivity contribution in [3.05, 3.63) is 28.2 Å². The van der Waals surface area contributed by atoms with E-state index in [4.69, 9.17) is 32.7 Å². The molecule has 0 amide bonds. The average molecular weight is 330 g/mol. The molecular weight excluding hydrogens is 309 g/mol. The lowest BCUT2D eigenvalue weighted by Gasteiger charge is -2.40. The minimum absolute atomic E-state index is 0.549. The molecule has 3 nitrogen and oxygen atoms in total. The Kier molecular flexibility index (Phi) is 5.28. The Labute approximate surface area is 136 Å². The maximum Gasteiger partial charge on any atom is 0.120 e. The zero-order chi connectivity index (χ0) is 14.7. The molecule has 1 aliphatic heterocycles. The van der Waals surface area contributed by atoms with Crippen LogP contribution in [-0.2, 0) is 4.74 Å². The van der Waals surface area contributed by atoms with Crippen molar-refractivity contribution in [1.29, 1.82) is 0 Å². The Morgan fingerprint density at radius 1 is 1.10 bits per heavy atom. The van der Waals surface area contributed by atoms with Crippen molar-refractivity contribution in [2.24, 2.45) is 11.8 Å². The van der Waals surface area contributed by atoms with E-state index in [9.17, 15) is 0 Å². The number of hydrogen-bond donors (Lipinski definition) is 0. The maximum atomic E-state index is 6.00. The average Bonchev–Trinajstić information content (AvgIpc) is 2.48. The van der Waals surface area contributed by atoms with Gasteiger partial charge in [-0.05, 0) is 36.8 Å². The van der Waals surface area contributed by atoms with Gasteiger partial charge in [0.2, 0.25) is 0 Å². The van der Waals surface area contributed by atoms with Crippen molar-refractivity contribution >= 4 is 23.2 Å². The van der Waals surface area contributed by atoms with Crippen LogP contribution in [0, 0.1) is 11.8 Å². The molecule has 116 valence electrons. The fourth-order valence-corrected chi connectivity index (χ4v) is 3.27. The van der Waals surface area contributed by atoms with E-state index >= 15 is 0 Å². The summed E-state index contributed by atoms with van der Waals surface area (Å²) in [4.78, 5) is 2.51. The van der Waals surface area contributed by atoms with Crippen molar-refractivity contribution in [2.75, 3.05) is 39.5 Å². The van der Waals surface area contributed by atoms with Gasteiger partial charge in [-0.2, -0.15) is 0 Å². The lowest BCUT2D eigenvalue weighted by atomic mass is 9.74. The molecular formula is C16H21Cl2NO2. The molecule has 2 aliphatic rings. The van der Waals surface area contributed by atoms with E-state index in [-0.39, 0.29) is 0 Å². The summed E-state index contributed by atoms with van der Waals surface area (Å²) in [7, 11) is 0. The smallest absolute Gasteiger partial charge is 0.120 e. The van der Waals surface area contributed by atoms with Crippen LogP contribution < -0.4 is 4.74 Å². The summed E-state index contributed by atoms with van der Waals surface area (Å²) >= 11 is 11.9. The number of nitrogens with zero attached hydrogens (tertiary/aromatic N) is 1. The number of rotatable bonds is 5. The summed E-state index contributed by atoms with van der Waals surface area (Å²) in [5, 5.41) is 1.12. The van der Waals surface area contributed by atoms with Gasteiger partial charge in [-0.25, -0.2) is 0 Å². The highest BCUT2D eigenvalue weighted by atomic mass is 35.5. The van der Waals surface area contributed by atoms with Crippen LogP contribution >= 0.6 is 23.2 Å². The molecule has 1 aromatic rings. The number of hydrogen-bond acceptors (Lipinski definition) is 3. The summed E-state index contributed by atoms with van der Waals surface area (Å²) < 4.78 is 11.3. The van der Waals surface area contributed by atoms with Crippen molar-refractivity contribution < 1.29 is 9.47 Å². The third-order valence-corrected chi connectivity index (χ3v) is 5.27. The first-order chi connectivity index (χ1) is 10.2. The van der Waals surface area contributed by atoms with Crippen LogP contribution in [0.25, 0.3) is 0 Å². The molecule has 1 saturated heterocycles. The Balaban J connectivity index is 1.45. The van der Waals surface area contributed by atoms with Crippen molar-refractivity contribution in [3.8, 4) is 5.75 Å². The highest BCUT2D eigenvalue weighted by Gasteiger charge is 2.33. The minimum atomic E-state index is 0.549. The number of ether oxygens (including phenoxy) is 2. The quantitative estimate of drug-likeness (QED) is 0.821. The molecule has 21 heavy (non-hydrogen) atoms. The minimum Gasteiger partial charge on any atom is -0.493 e. The highest BCUT2D eigenvalue weighted by Crippen LogP contribution is 2.36. The molecule has 1 aromatic carbocycles. The molecule has 2 fully saturated rings. The normalized spacial score (nSPS) is 26.4. The zero-order valence-corrected chi connectivity index (χ0v) is 13.6. The monoisotopic (exact) mass is 329 g/mol. The van der Waals surface area contributed by atoms with Gasteiger partial charge in [-0.1, -0.05) is 23.2 Å². The van der Waals surface area contributed by atoms with Gasteiger partial charge < -0.3 is 9.47 Å². The van der Waals surface area contributed by atoms with Gasteiger partial charge >= 0.3 is 0 Å². The van der Waals surface area contributed by atoms with Gasteiger partial charge in [-0.15, -0.1) is 0 Å². The highest BCUT2D eigenvalue weighted by molar-refractivity contribution is 6.42. The molecule has 1 aliphatic carbocycles. The van der Waals surface area contributed by atoms with Crippen LogP contribution in [0.3, 0.4) is 0 Å². The fraction of sp³-hybridized carbons (Fsp3) is 0.625. The standard InChI is InChI=1S/C16H21Cl2NO2/c17-15-4-3-14(9-16(15)18)21-11-13-2-1-12(13)10-19-5-7-20-8-6-19/h3-4,9,12-13H,1-2,5-8,10-11H2/t12-,13?/m1/s1. The van der Waals surface area contributed by atoms with Gasteiger partial charge in [0, 0.05) is 25.7 Å². The molecule has 1 saturated carbocycles. The van der Waals surface area contributed by atoms with Crippen LogP contribution in [-0.4, -0.2) is 44.4 Å². The number of benzene rings is 1. The lowest BCUT2D eigenvalue weighted by Crippen LogP contribution is -2.44. The summed E-state index contributed by atoms with van der Waals surface area (Å²) in [5.74, 6) is 2.22. The van der Waals surface area contributed by atoms with Crippen molar-refractivity contribution in [3.63, 3.8) is 0 Å². The molecule has 0 radical (unpaired) electrons. The van der Waals surface area contributed by atoms with Crippen LogP contribution in [0.1, 0.15) is 12.8 Å². The zero-order valence-electron chi connectivity index (χ0n) is 12.1. The Hall–Kier alpha value is -0.480. The van der Waals surface area contributed by atoms with Crippen molar-refractivity contribution in [2.45, 2.75) is 12.8 Å². The van der Waals surface area contributed by atoms with E-state index < -0.39 is 0 Å². The molecule has 3 rings (SSSR count). The molecule has 0 N–H and O–H groups in total. The Morgan fingerprint density at radius 3 is 2.52 bits per heavy atom. The molecule has 1 unspecified atom stereocenters. The van der Waals surface area contributed by atoms with Crippen LogP contribution in [0.2, 0.25) is 10.0 Å². The lowest BCUT2D eigenvalue weighted by molar-refractivity contribution is 0.00483. The first kappa shape index (κ1) is 15.4. The predicted molar refractivity (Wildman–Crippen MR) is 85.4 cm³/mol. The molecule has 0 bridgehead atoms. The summed E-state index contributed by atoms with van der Waals surface area (Å²) in [6, 6.07) is 5.45. The summed E-state index contributed by atoms with van der Waals surface area (Å²) in [5.41, 5.74) is 0. The molecule has 0 aromatic heterocycles. The van der Waals surface area contributed by atoms with E-state index in [0.29, 0.717) is 16.0 Å². The molecule has 1 heterocycles. The second-order valence-corrected chi connectivity index (χ2v) is 6.71. The second-order valence-electron chi connectivity index (χ2n) is 5.90. The Bertz CT molecular complexity index is 477. The first-order valence-electron chi connectivity index (χ1n) is 7.60. The van der Waals surface area contributed by atoms with Crippen LogP contribution in [0.4, 0.5) is 0 Å². The number of halogens is 2. The van der Waals surface area contributed by atoms with Gasteiger partial charge in [0.15, 0.2) is 0 Å². The SMILES string of the molecule is Clc1ccc(OCC2CC[C@@H]2CN2CCOCC2)cc1Cl. The molecule has 2 atom stereocenters. The first-order valence-corrected chi connectivity index (χ1v) is 8.36. The van der Waals surface area contributed by atoms with Crippen molar-refractivity contribution in [1.82, 2.24) is 4.90 Å². The maximum absolute atomic E-state index is 6.00. The van der Waals surface area contributed by atoms with Gasteiger partial charge in [0.1, 0.15) is 5.75 Å². The molecule has 0 spiro atoms. The fourth-order valence-electron chi connectivity index (χ4n) is 2.98. The van der Waals surface area contributed by atoms with Gasteiger partial charge in [0.05, 0.1) is 29.9 Å². The topological polar surface area (TPSA) is 21.7 Å². The molecule has 5 heteroatoms. The third kappa shape index (κ3) is 4.04. The van der Waals surface area contributed by atoms with E-state index in [0.717, 1.165) is 44.6 Å². The van der Waals surface area contributed by atoms with Crippen LogP contribution in [0.15, 0.2) is 18.2 Å². The van der Waals surface area contributed by atoms with E-state index in [1.165, 1.54) is 19.4 Å². The third-order valence-electron chi connectivity index (χ3n) is 4.53. The predicted octanol–water partition coefficient (Wildman–Crippen LogP) is 3.73. The van der Waals surface area contributed by atoms with Gasteiger partial charge in [0.25, 0.3) is 0 Å². The van der Waals surface area contributed by atoms with E-state index in [2.05, 4.69) is 4.90 Å². The summed E-state index contributed by atoms with van der Waals surface area (Å²) in [6.07, 6.45) is 2.57. The van der Waals surface area contributed by atoms with Gasteiger partial charge in [-0.3, -0.25) is 4.90 Å². The largest absolute Gasteiger partial charge is 0.493 e. The van der Waals surface area contributed by atoms with Crippen LogP contribution in [0.5, 0.6) is 5.75 Å². The summed E-state index contributed by atoms with van der Waals surface area (Å²) in [6.45, 7) is 5.83. The second kappa shape index (κ2) is 7.19. The van der Waals surface area contributed by atoms with E-state index in [1.807, 2.05) is 6.07 Å². The number of morpholine rings is 1. The van der Waals surface area contributed by atoms with E-state index in [1.54, 1.807) is 12.1 Å². The Morgan fingerprint density at radius 2 is 1.86 bits per heavy atom.